The number of nitrogens with zero attached hydrogens (tertiary/aromatic N) is 2. The zero-order chi connectivity index (χ0) is 31.7. The lowest BCUT2D eigenvalue weighted by molar-refractivity contribution is 0.227. The first-order valence-electron chi connectivity index (χ1n) is 15.4. The van der Waals surface area contributed by atoms with Gasteiger partial charge in [-0.3, -0.25) is 9.80 Å². The molecule has 2 heterocycles. The maximum atomic E-state index is 10.9. The van der Waals surface area contributed by atoms with Crippen molar-refractivity contribution < 1.29 is 29.2 Å². The van der Waals surface area contributed by atoms with Crippen LogP contribution in [0.3, 0.4) is 0 Å². The molecule has 6 rings (SSSR count). The fourth-order valence-electron chi connectivity index (χ4n) is 6.72. The largest absolute Gasteiger partial charge is 0.508 e. The fourth-order valence-corrected chi connectivity index (χ4v) is 6.72. The molecule has 0 saturated carbocycles. The van der Waals surface area contributed by atoms with Gasteiger partial charge in [-0.15, -0.1) is 0 Å². The van der Waals surface area contributed by atoms with Gasteiger partial charge >= 0.3 is 0 Å². The van der Waals surface area contributed by atoms with Crippen molar-refractivity contribution in [3.63, 3.8) is 0 Å². The van der Waals surface area contributed by atoms with Gasteiger partial charge in [-0.05, 0) is 122 Å². The van der Waals surface area contributed by atoms with Gasteiger partial charge in [0.05, 0.1) is 21.3 Å². The highest BCUT2D eigenvalue weighted by Gasteiger charge is 2.29. The number of methoxy groups -OCH3 is 3. The molecule has 2 atom stereocenters. The van der Waals surface area contributed by atoms with Gasteiger partial charge in [0.25, 0.3) is 0 Å². The quantitative estimate of drug-likeness (QED) is 0.224. The highest BCUT2D eigenvalue weighted by atomic mass is 16.5. The standard InChI is InChI=1S/C37H42N2O6/c1-38-14-13-26-20-35(43-4)37(22-29(26)30(38)16-23-6-9-27(40)10-7-23)45-33-18-24(8-11-32(33)41)17-31-28-21-36(44-5)34(42-3)19-25(28)12-15-39(31)2/h6-11,18-22,30-31,40-41H,12-17H2,1-5H3/t30-,31+/m0/s1. The van der Waals surface area contributed by atoms with Crippen LogP contribution >= 0.6 is 0 Å². The second kappa shape index (κ2) is 12.9. The average Bonchev–Trinajstić information content (AvgIpc) is 3.05. The number of phenolic OH excluding ortho intramolecular Hbond substituents is 2. The van der Waals surface area contributed by atoms with Gasteiger partial charge in [0.15, 0.2) is 34.5 Å². The summed E-state index contributed by atoms with van der Waals surface area (Å²) in [6, 6.07) is 21.6. The van der Waals surface area contributed by atoms with Crippen LogP contribution in [-0.2, 0) is 25.7 Å². The summed E-state index contributed by atoms with van der Waals surface area (Å²) in [5.74, 6) is 3.38. The first kappa shape index (κ1) is 30.6. The van der Waals surface area contributed by atoms with Gasteiger partial charge in [-0.25, -0.2) is 0 Å². The monoisotopic (exact) mass is 610 g/mol. The Kier molecular flexibility index (Phi) is 8.79. The molecule has 0 spiro atoms. The number of aromatic hydroxyl groups is 2. The van der Waals surface area contributed by atoms with E-state index in [-0.39, 0.29) is 23.6 Å². The molecule has 0 aromatic heterocycles. The lowest BCUT2D eigenvalue weighted by Crippen LogP contribution is -2.33. The van der Waals surface area contributed by atoms with Crippen LogP contribution in [0.1, 0.15) is 45.5 Å². The van der Waals surface area contributed by atoms with Gasteiger partial charge in [0.1, 0.15) is 5.75 Å². The number of likely N-dealkylation sites (N-methyl/N-ethyl adjacent to an activating group) is 2. The number of hydrogen-bond donors (Lipinski definition) is 2. The molecule has 4 aromatic rings. The minimum atomic E-state index is 0.0695. The number of fused-ring (bicyclic) bond motifs is 2. The van der Waals surface area contributed by atoms with Gasteiger partial charge < -0.3 is 29.2 Å². The predicted octanol–water partition coefficient (Wildman–Crippen LogP) is 6.46. The second-order valence-electron chi connectivity index (χ2n) is 12.1. The van der Waals surface area contributed by atoms with Gasteiger partial charge in [-0.1, -0.05) is 18.2 Å². The summed E-state index contributed by atoms with van der Waals surface area (Å²) < 4.78 is 23.4. The van der Waals surface area contributed by atoms with E-state index in [9.17, 15) is 10.2 Å². The van der Waals surface area contributed by atoms with Crippen molar-refractivity contribution in [2.75, 3.05) is 48.5 Å². The van der Waals surface area contributed by atoms with E-state index in [0.29, 0.717) is 17.2 Å². The Morgan fingerprint density at radius 3 is 1.67 bits per heavy atom. The van der Waals surface area contributed by atoms with E-state index in [4.69, 9.17) is 18.9 Å². The molecule has 0 saturated heterocycles. The Labute approximate surface area is 265 Å². The van der Waals surface area contributed by atoms with Crippen molar-refractivity contribution >= 4 is 0 Å². The van der Waals surface area contributed by atoms with E-state index in [1.807, 2.05) is 24.3 Å². The average molecular weight is 611 g/mol. The maximum Gasteiger partial charge on any atom is 0.169 e. The van der Waals surface area contributed by atoms with Crippen LogP contribution in [-0.4, -0.2) is 68.5 Å². The summed E-state index contributed by atoms with van der Waals surface area (Å²) in [5.41, 5.74) is 7.07. The topological polar surface area (TPSA) is 83.9 Å². The number of benzene rings is 4. The van der Waals surface area contributed by atoms with E-state index in [0.717, 1.165) is 61.4 Å². The molecule has 236 valence electrons. The third-order valence-corrected chi connectivity index (χ3v) is 9.36. The normalized spacial score (nSPS) is 18.2. The molecule has 4 aromatic carbocycles. The Morgan fingerprint density at radius 2 is 1.09 bits per heavy atom. The highest BCUT2D eigenvalue weighted by Crippen LogP contribution is 2.44. The van der Waals surface area contributed by atoms with Crippen molar-refractivity contribution in [3.05, 3.63) is 100 Å². The number of hydrogen-bond acceptors (Lipinski definition) is 8. The molecule has 0 unspecified atom stereocenters. The molecule has 0 bridgehead atoms. The van der Waals surface area contributed by atoms with Gasteiger partial charge in [0, 0.05) is 25.2 Å². The lowest BCUT2D eigenvalue weighted by atomic mass is 9.88. The van der Waals surface area contributed by atoms with Crippen LogP contribution in [0, 0.1) is 0 Å². The molecule has 2 aliphatic heterocycles. The van der Waals surface area contributed by atoms with Crippen molar-refractivity contribution in [3.8, 4) is 40.2 Å². The molecule has 45 heavy (non-hydrogen) atoms. The van der Waals surface area contributed by atoms with Crippen LogP contribution in [0.2, 0.25) is 0 Å². The van der Waals surface area contributed by atoms with E-state index < -0.39 is 0 Å². The molecule has 0 radical (unpaired) electrons. The van der Waals surface area contributed by atoms with Crippen LogP contribution in [0.5, 0.6) is 40.2 Å². The van der Waals surface area contributed by atoms with Crippen molar-refractivity contribution in [2.24, 2.45) is 0 Å². The van der Waals surface area contributed by atoms with Crippen molar-refractivity contribution in [2.45, 2.75) is 37.8 Å². The third kappa shape index (κ3) is 6.26. The number of rotatable bonds is 9. The molecule has 8 heteroatoms. The van der Waals surface area contributed by atoms with Crippen molar-refractivity contribution in [1.82, 2.24) is 9.80 Å². The summed E-state index contributed by atoms with van der Waals surface area (Å²) in [6.45, 7) is 1.86. The molecular formula is C37H42N2O6. The number of phenols is 2. The minimum absolute atomic E-state index is 0.0695. The summed E-state index contributed by atoms with van der Waals surface area (Å²) in [4.78, 5) is 4.71. The Balaban J connectivity index is 1.30. The van der Waals surface area contributed by atoms with Gasteiger partial charge in [0.2, 0.25) is 0 Å². The second-order valence-corrected chi connectivity index (χ2v) is 12.1. The van der Waals surface area contributed by atoms with E-state index in [1.54, 1.807) is 39.5 Å². The highest BCUT2D eigenvalue weighted by molar-refractivity contribution is 5.54. The molecule has 8 nitrogen and oxygen atoms in total. The Morgan fingerprint density at radius 1 is 0.600 bits per heavy atom. The lowest BCUT2D eigenvalue weighted by Gasteiger charge is -2.35. The smallest absolute Gasteiger partial charge is 0.169 e. The SMILES string of the molecule is COc1cc2c(cc1OC)[C@@H](Cc1ccc(O)c(Oc3cc4c(cc3OC)CCN(C)[C@H]4Cc3ccc(O)cc3)c1)N(C)CC2. The number of ether oxygens (including phenoxy) is 4. The molecule has 0 fully saturated rings. The first-order valence-corrected chi connectivity index (χ1v) is 15.4. The third-order valence-electron chi connectivity index (χ3n) is 9.36. The van der Waals surface area contributed by atoms with Gasteiger partial charge in [-0.2, -0.15) is 0 Å². The van der Waals surface area contributed by atoms with Crippen LogP contribution < -0.4 is 18.9 Å². The van der Waals surface area contributed by atoms with Crippen LogP contribution in [0.25, 0.3) is 0 Å². The minimum Gasteiger partial charge on any atom is -0.508 e. The Bertz CT molecular complexity index is 1670. The molecule has 0 aliphatic carbocycles. The van der Waals surface area contributed by atoms with E-state index in [1.165, 1.54) is 22.3 Å². The van der Waals surface area contributed by atoms with Crippen LogP contribution in [0.4, 0.5) is 0 Å². The van der Waals surface area contributed by atoms with Crippen LogP contribution in [0.15, 0.2) is 66.7 Å². The molecule has 0 amide bonds. The molecule has 2 N–H and O–H groups in total. The molecular weight excluding hydrogens is 568 g/mol. The van der Waals surface area contributed by atoms with E-state index >= 15 is 0 Å². The predicted molar refractivity (Wildman–Crippen MR) is 174 cm³/mol. The maximum absolute atomic E-state index is 10.9. The zero-order valence-electron chi connectivity index (χ0n) is 26.7. The summed E-state index contributed by atoms with van der Waals surface area (Å²) in [5, 5.41) is 20.7. The molecule has 2 aliphatic rings. The van der Waals surface area contributed by atoms with E-state index in [2.05, 4.69) is 48.2 Å². The Hall–Kier alpha value is -4.40. The van der Waals surface area contributed by atoms with Crippen molar-refractivity contribution in [1.29, 1.82) is 0 Å². The summed E-state index contributed by atoms with van der Waals surface area (Å²) in [6.07, 6.45) is 3.37. The summed E-state index contributed by atoms with van der Waals surface area (Å²) >= 11 is 0. The summed E-state index contributed by atoms with van der Waals surface area (Å²) in [7, 11) is 9.26. The fraction of sp³-hybridized carbons (Fsp3) is 0.351. The first-order chi connectivity index (χ1) is 21.8. The zero-order valence-corrected chi connectivity index (χ0v) is 26.7.